The molecule has 1 aromatic rings. The van der Waals surface area contributed by atoms with Crippen LogP contribution in [0.5, 0.6) is 0 Å². The van der Waals surface area contributed by atoms with E-state index in [-0.39, 0.29) is 23.6 Å². The van der Waals surface area contributed by atoms with Gasteiger partial charge in [-0.25, -0.2) is 8.42 Å². The van der Waals surface area contributed by atoms with Crippen molar-refractivity contribution in [3.63, 3.8) is 0 Å². The summed E-state index contributed by atoms with van der Waals surface area (Å²) < 4.78 is 26.8. The number of sulfone groups is 1. The Morgan fingerprint density at radius 2 is 2.20 bits per heavy atom. The Bertz CT molecular complexity index is 447. The van der Waals surface area contributed by atoms with Gasteiger partial charge in [-0.15, -0.1) is 0 Å². The van der Waals surface area contributed by atoms with E-state index in [1.165, 1.54) is 0 Å². The lowest BCUT2D eigenvalue weighted by molar-refractivity contribution is 0.0625. The molecule has 2 rings (SSSR count). The van der Waals surface area contributed by atoms with E-state index in [1.807, 2.05) is 0 Å². The lowest BCUT2D eigenvalue weighted by Gasteiger charge is -2.27. The smallest absolute Gasteiger partial charge is 0.229 e. The molecule has 6 nitrogen and oxygen atoms in total. The van der Waals surface area contributed by atoms with Crippen LogP contribution in [0.2, 0.25) is 0 Å². The Morgan fingerprint density at radius 3 is 2.73 bits per heavy atom. The van der Waals surface area contributed by atoms with Gasteiger partial charge in [-0.1, -0.05) is 5.16 Å². The van der Waals surface area contributed by atoms with Gasteiger partial charge in [-0.05, 0) is 12.8 Å². The first-order valence-electron chi connectivity index (χ1n) is 4.62. The van der Waals surface area contributed by atoms with Gasteiger partial charge >= 0.3 is 0 Å². The number of nitrogens with zero attached hydrogens (tertiary/aromatic N) is 2. The largest absolute Gasteiger partial charge is 0.393 e. The molecule has 0 saturated heterocycles. The Labute approximate surface area is 87.2 Å². The molecular weight excluding hydrogens is 220 g/mol. The molecule has 0 amide bonds. The fourth-order valence-corrected chi connectivity index (χ4v) is 2.10. The normalized spacial score (nSPS) is 26.3. The maximum atomic E-state index is 11.0. The predicted molar refractivity (Wildman–Crippen MR) is 50.8 cm³/mol. The summed E-state index contributed by atoms with van der Waals surface area (Å²) in [6, 6.07) is 0. The number of aliphatic hydroxyl groups is 1. The van der Waals surface area contributed by atoms with Gasteiger partial charge < -0.3 is 9.63 Å². The lowest BCUT2D eigenvalue weighted by Crippen LogP contribution is -2.26. The van der Waals surface area contributed by atoms with Crippen LogP contribution in [0.3, 0.4) is 0 Å². The number of hydrogen-bond acceptors (Lipinski definition) is 6. The quantitative estimate of drug-likeness (QED) is 0.779. The van der Waals surface area contributed by atoms with Crippen LogP contribution in [0.1, 0.15) is 30.5 Å². The zero-order valence-corrected chi connectivity index (χ0v) is 9.07. The van der Waals surface area contributed by atoms with Gasteiger partial charge in [-0.3, -0.25) is 0 Å². The van der Waals surface area contributed by atoms with E-state index in [9.17, 15) is 8.42 Å². The number of rotatable bonds is 3. The molecule has 1 heterocycles. The molecule has 7 heteroatoms. The van der Waals surface area contributed by atoms with Gasteiger partial charge in [0.25, 0.3) is 0 Å². The average molecular weight is 232 g/mol. The maximum Gasteiger partial charge on any atom is 0.229 e. The summed E-state index contributed by atoms with van der Waals surface area (Å²) in [5.41, 5.74) is 0. The van der Waals surface area contributed by atoms with E-state index in [0.717, 1.165) is 6.26 Å². The van der Waals surface area contributed by atoms with Gasteiger partial charge in [0.15, 0.2) is 15.7 Å². The minimum absolute atomic E-state index is 0.0841. The van der Waals surface area contributed by atoms with Crippen molar-refractivity contribution in [3.8, 4) is 0 Å². The van der Waals surface area contributed by atoms with Crippen LogP contribution in [0.25, 0.3) is 0 Å². The Morgan fingerprint density at radius 1 is 1.53 bits per heavy atom. The monoisotopic (exact) mass is 232 g/mol. The molecule has 1 N–H and O–H groups in total. The Kier molecular flexibility index (Phi) is 2.51. The van der Waals surface area contributed by atoms with Crippen molar-refractivity contribution in [2.24, 2.45) is 0 Å². The van der Waals surface area contributed by atoms with E-state index < -0.39 is 9.84 Å². The summed E-state index contributed by atoms with van der Waals surface area (Å²) in [6.07, 6.45) is 2.05. The fraction of sp³-hybridized carbons (Fsp3) is 0.750. The van der Waals surface area contributed by atoms with Crippen LogP contribution >= 0.6 is 0 Å². The van der Waals surface area contributed by atoms with Crippen LogP contribution in [0, 0.1) is 0 Å². The highest BCUT2D eigenvalue weighted by atomic mass is 32.2. The molecule has 1 saturated carbocycles. The van der Waals surface area contributed by atoms with Crippen LogP contribution in [0.15, 0.2) is 4.52 Å². The van der Waals surface area contributed by atoms with Gasteiger partial charge in [0.05, 0.1) is 6.10 Å². The Balaban J connectivity index is 2.05. The molecule has 0 bridgehead atoms. The van der Waals surface area contributed by atoms with Gasteiger partial charge in [0.2, 0.25) is 5.89 Å². The number of hydrogen-bond donors (Lipinski definition) is 1. The molecule has 0 aliphatic heterocycles. The van der Waals surface area contributed by atoms with Crippen molar-refractivity contribution in [1.82, 2.24) is 10.1 Å². The van der Waals surface area contributed by atoms with Gasteiger partial charge in [-0.2, -0.15) is 4.98 Å². The van der Waals surface area contributed by atoms with E-state index >= 15 is 0 Å². The number of aromatic nitrogens is 2. The van der Waals surface area contributed by atoms with Crippen LogP contribution < -0.4 is 0 Å². The topological polar surface area (TPSA) is 93.3 Å². The summed E-state index contributed by atoms with van der Waals surface area (Å²) in [4.78, 5) is 3.98. The third kappa shape index (κ3) is 2.54. The summed E-state index contributed by atoms with van der Waals surface area (Å²) in [7, 11) is -3.12. The number of aliphatic hydroxyl groups excluding tert-OH is 1. The molecule has 1 aliphatic carbocycles. The average Bonchev–Trinajstić information content (AvgIpc) is 2.43. The molecule has 1 fully saturated rings. The maximum absolute atomic E-state index is 11.0. The zero-order valence-electron chi connectivity index (χ0n) is 8.25. The minimum Gasteiger partial charge on any atom is -0.393 e. The molecule has 0 atom stereocenters. The fourth-order valence-electron chi connectivity index (χ4n) is 1.52. The van der Waals surface area contributed by atoms with Gasteiger partial charge in [0, 0.05) is 12.2 Å². The summed E-state index contributed by atoms with van der Waals surface area (Å²) in [6.45, 7) is 0. The highest BCUT2D eigenvalue weighted by Crippen LogP contribution is 2.35. The van der Waals surface area contributed by atoms with Crippen molar-refractivity contribution in [2.45, 2.75) is 30.6 Å². The van der Waals surface area contributed by atoms with Crippen LogP contribution in [-0.2, 0) is 15.6 Å². The second-order valence-electron chi connectivity index (χ2n) is 3.94. The summed E-state index contributed by atoms with van der Waals surface area (Å²) >= 11 is 0. The van der Waals surface area contributed by atoms with E-state index in [1.54, 1.807) is 0 Å². The minimum atomic E-state index is -3.12. The lowest BCUT2D eigenvalue weighted by atomic mass is 9.82. The van der Waals surface area contributed by atoms with Gasteiger partial charge in [0.1, 0.15) is 5.75 Å². The standard InChI is InChI=1S/C8H12N2O4S/c1-15(12,13)4-7-9-8(14-10-7)5-2-6(11)3-5/h5-6,11H,2-4H2,1H3. The third-order valence-corrected chi connectivity index (χ3v) is 3.12. The Hall–Kier alpha value is -0.950. The molecule has 0 radical (unpaired) electrons. The van der Waals surface area contributed by atoms with E-state index in [2.05, 4.69) is 10.1 Å². The SMILES string of the molecule is CS(=O)(=O)Cc1noc(C2CC(O)C2)n1. The molecule has 84 valence electrons. The molecule has 0 aromatic carbocycles. The van der Waals surface area contributed by atoms with Crippen molar-refractivity contribution < 1.29 is 18.0 Å². The third-order valence-electron chi connectivity index (χ3n) is 2.34. The van der Waals surface area contributed by atoms with Crippen molar-refractivity contribution in [2.75, 3.05) is 6.26 Å². The first-order chi connectivity index (χ1) is 6.94. The molecule has 1 aliphatic rings. The van der Waals surface area contributed by atoms with E-state index in [4.69, 9.17) is 9.63 Å². The van der Waals surface area contributed by atoms with E-state index in [0.29, 0.717) is 18.7 Å². The molecule has 1 aromatic heterocycles. The molecular formula is C8H12N2O4S. The molecule has 0 unspecified atom stereocenters. The highest BCUT2D eigenvalue weighted by Gasteiger charge is 2.33. The van der Waals surface area contributed by atoms with Crippen molar-refractivity contribution >= 4 is 9.84 Å². The van der Waals surface area contributed by atoms with Crippen LogP contribution in [0.4, 0.5) is 0 Å². The van der Waals surface area contributed by atoms with Crippen molar-refractivity contribution in [3.05, 3.63) is 11.7 Å². The molecule has 15 heavy (non-hydrogen) atoms. The first-order valence-corrected chi connectivity index (χ1v) is 6.68. The summed E-state index contributed by atoms with van der Waals surface area (Å²) in [5.74, 6) is 0.500. The summed E-state index contributed by atoms with van der Waals surface area (Å²) in [5, 5.41) is 12.7. The van der Waals surface area contributed by atoms with Crippen LogP contribution in [-0.4, -0.2) is 36.0 Å². The van der Waals surface area contributed by atoms with Crippen molar-refractivity contribution in [1.29, 1.82) is 0 Å². The molecule has 0 spiro atoms. The first kappa shape index (κ1) is 10.6. The second kappa shape index (κ2) is 3.57. The highest BCUT2D eigenvalue weighted by molar-refractivity contribution is 7.89. The zero-order chi connectivity index (χ0) is 11.1. The predicted octanol–water partition coefficient (Wildman–Crippen LogP) is -0.147. The second-order valence-corrected chi connectivity index (χ2v) is 6.08.